The number of alkyl halides is 3. The molecule has 1 saturated carbocycles. The summed E-state index contributed by atoms with van der Waals surface area (Å²) in [5.41, 5.74) is 2.09. The molecule has 2 aromatic carbocycles. The number of anilines is 2. The zero-order valence-electron chi connectivity index (χ0n) is 28.6. The molecule has 0 unspecified atom stereocenters. The van der Waals surface area contributed by atoms with Crippen molar-refractivity contribution in [1.29, 1.82) is 5.26 Å². The Hall–Kier alpha value is -4.80. The molecule has 1 aliphatic carbocycles. The average Bonchev–Trinajstić information content (AvgIpc) is 3.72. The Morgan fingerprint density at radius 3 is 2.42 bits per heavy atom. The van der Waals surface area contributed by atoms with Gasteiger partial charge in [-0.3, -0.25) is 19.5 Å². The highest BCUT2D eigenvalue weighted by Crippen LogP contribution is 2.41. The van der Waals surface area contributed by atoms with Crippen molar-refractivity contribution >= 4 is 17.5 Å². The molecular weight excluding hydrogens is 643 g/mol. The Morgan fingerprint density at radius 2 is 1.76 bits per heavy atom. The first kappa shape index (κ1) is 33.7. The highest BCUT2D eigenvalue weighted by atomic mass is 19.4. The Kier molecular flexibility index (Phi) is 8.86. The molecular formula is C37H40F3N9O. The first-order valence-corrected chi connectivity index (χ1v) is 17.0. The number of pyridine rings is 1. The van der Waals surface area contributed by atoms with Crippen LogP contribution in [-0.2, 0) is 26.3 Å². The number of carbonyl (C=O) groups excluding carboxylic acids is 1. The lowest BCUT2D eigenvalue weighted by atomic mass is 9.97. The largest absolute Gasteiger partial charge is 0.416 e. The second kappa shape index (κ2) is 13.2. The SMILES string of the molecule is C[C@@H]1CN(Cc2cc3c(c(C(F)(F)F)c2)CN(c2cc(-c4cc(C#N)ccc4-c4nncn4C)cc(NCCC4CC4)n2)C3=O)C[C@H](C)N1C. The number of aromatic nitrogens is 4. The number of halogens is 3. The standard InChI is InChI=1S/C37H40F3N9O/c1-22-17-48(18-23(2)47(22)4)19-26-12-30-31(32(13-26)37(38,39)40)20-49(36(30)50)34-15-27(14-33(44-34)42-10-9-24-5-6-24)29-11-25(16-41)7-8-28(29)35-45-43-21-46(35)3/h7-8,11-15,21-24H,5-6,9-10,17-20H2,1-4H3,(H,42,44)/t22-,23+. The van der Waals surface area contributed by atoms with Gasteiger partial charge in [0.25, 0.3) is 5.91 Å². The molecule has 3 aliphatic rings. The summed E-state index contributed by atoms with van der Waals surface area (Å²) in [5.74, 6) is 1.42. The van der Waals surface area contributed by atoms with Crippen LogP contribution in [0.2, 0.25) is 0 Å². The van der Waals surface area contributed by atoms with Gasteiger partial charge in [-0.1, -0.05) is 12.8 Å². The lowest BCUT2D eigenvalue weighted by molar-refractivity contribution is -0.138. The van der Waals surface area contributed by atoms with Gasteiger partial charge in [0, 0.05) is 56.4 Å². The van der Waals surface area contributed by atoms with E-state index in [1.54, 1.807) is 41.2 Å². The van der Waals surface area contributed by atoms with E-state index in [0.717, 1.165) is 19.5 Å². The monoisotopic (exact) mass is 683 g/mol. The molecule has 2 aromatic heterocycles. The maximum absolute atomic E-state index is 14.7. The van der Waals surface area contributed by atoms with E-state index in [0.29, 0.717) is 58.5 Å². The molecule has 1 saturated heterocycles. The summed E-state index contributed by atoms with van der Waals surface area (Å²) < 4.78 is 45.7. The van der Waals surface area contributed by atoms with E-state index in [1.165, 1.54) is 23.8 Å². The van der Waals surface area contributed by atoms with Crippen LogP contribution in [0.5, 0.6) is 0 Å². The molecule has 4 aromatic rings. The molecule has 260 valence electrons. The molecule has 2 aliphatic heterocycles. The minimum Gasteiger partial charge on any atom is -0.370 e. The van der Waals surface area contributed by atoms with Crippen LogP contribution in [-0.4, -0.2) is 74.2 Å². The summed E-state index contributed by atoms with van der Waals surface area (Å²) in [5, 5.41) is 21.5. The lowest BCUT2D eigenvalue weighted by Crippen LogP contribution is -2.54. The molecule has 2 fully saturated rings. The van der Waals surface area contributed by atoms with Gasteiger partial charge in [0.1, 0.15) is 18.0 Å². The number of nitriles is 1. The zero-order chi connectivity index (χ0) is 35.3. The van der Waals surface area contributed by atoms with Crippen molar-refractivity contribution in [3.63, 3.8) is 0 Å². The van der Waals surface area contributed by atoms with Crippen molar-refractivity contribution in [2.45, 2.75) is 64.5 Å². The number of fused-ring (bicyclic) bond motifs is 1. The number of piperazine rings is 1. The Labute approximate surface area is 289 Å². The van der Waals surface area contributed by atoms with E-state index >= 15 is 0 Å². The second-order valence-corrected chi connectivity index (χ2v) is 14.0. The first-order chi connectivity index (χ1) is 23.9. The summed E-state index contributed by atoms with van der Waals surface area (Å²) >= 11 is 0. The van der Waals surface area contributed by atoms with Crippen LogP contribution in [0.1, 0.15) is 65.7 Å². The highest BCUT2D eigenvalue weighted by Gasteiger charge is 2.41. The number of rotatable bonds is 9. The zero-order valence-corrected chi connectivity index (χ0v) is 28.6. The fourth-order valence-electron chi connectivity index (χ4n) is 7.18. The fraction of sp³-hybridized carbons (Fsp3) is 0.432. The molecule has 13 heteroatoms. The molecule has 0 radical (unpaired) electrons. The minimum atomic E-state index is -4.65. The number of nitrogens with one attached hydrogen (secondary N) is 1. The van der Waals surface area contributed by atoms with E-state index in [9.17, 15) is 23.2 Å². The molecule has 7 rings (SSSR count). The topological polar surface area (TPSA) is 106 Å². The number of benzene rings is 2. The lowest BCUT2D eigenvalue weighted by Gasteiger charge is -2.42. The summed E-state index contributed by atoms with van der Waals surface area (Å²) in [7, 11) is 3.88. The van der Waals surface area contributed by atoms with Gasteiger partial charge in [0.2, 0.25) is 0 Å². The third kappa shape index (κ3) is 6.69. The third-order valence-corrected chi connectivity index (χ3v) is 10.3. The number of carbonyl (C=O) groups is 1. The molecule has 1 amide bonds. The van der Waals surface area contributed by atoms with Crippen LogP contribution in [0.3, 0.4) is 0 Å². The number of likely N-dealkylation sites (N-methyl/N-ethyl adjacent to an activating group) is 1. The number of nitrogens with zero attached hydrogens (tertiary/aromatic N) is 8. The Bertz CT molecular complexity index is 1970. The highest BCUT2D eigenvalue weighted by molar-refractivity contribution is 6.10. The molecule has 10 nitrogen and oxygen atoms in total. The fourth-order valence-corrected chi connectivity index (χ4v) is 7.18. The molecule has 0 bridgehead atoms. The first-order valence-electron chi connectivity index (χ1n) is 17.0. The van der Waals surface area contributed by atoms with Gasteiger partial charge in [0.15, 0.2) is 5.82 Å². The average molecular weight is 684 g/mol. The Balaban J connectivity index is 1.28. The Morgan fingerprint density at radius 1 is 1.00 bits per heavy atom. The smallest absolute Gasteiger partial charge is 0.370 e. The van der Waals surface area contributed by atoms with E-state index < -0.39 is 17.6 Å². The maximum Gasteiger partial charge on any atom is 0.416 e. The summed E-state index contributed by atoms with van der Waals surface area (Å²) in [4.78, 5) is 24.7. The molecule has 1 N–H and O–H groups in total. The number of amides is 1. The quantitative estimate of drug-likeness (QED) is 0.218. The van der Waals surface area contributed by atoms with Gasteiger partial charge in [-0.15, -0.1) is 10.2 Å². The maximum atomic E-state index is 14.7. The normalized spacial score (nSPS) is 19.9. The number of hydrogen-bond acceptors (Lipinski definition) is 8. The van der Waals surface area contributed by atoms with Crippen LogP contribution >= 0.6 is 0 Å². The minimum absolute atomic E-state index is 0.0479. The van der Waals surface area contributed by atoms with Crippen molar-refractivity contribution in [2.24, 2.45) is 13.0 Å². The van der Waals surface area contributed by atoms with Gasteiger partial charge >= 0.3 is 6.18 Å². The van der Waals surface area contributed by atoms with Crippen molar-refractivity contribution < 1.29 is 18.0 Å². The van der Waals surface area contributed by atoms with Gasteiger partial charge in [-0.25, -0.2) is 4.98 Å². The van der Waals surface area contributed by atoms with E-state index in [1.807, 2.05) is 13.1 Å². The van der Waals surface area contributed by atoms with Crippen molar-refractivity contribution in [3.8, 4) is 28.6 Å². The second-order valence-electron chi connectivity index (χ2n) is 14.0. The van der Waals surface area contributed by atoms with Crippen LogP contribution < -0.4 is 10.2 Å². The predicted molar refractivity (Wildman–Crippen MR) is 184 cm³/mol. The van der Waals surface area contributed by atoms with E-state index in [-0.39, 0.29) is 35.6 Å². The summed E-state index contributed by atoms with van der Waals surface area (Å²) in [6.45, 7) is 6.36. The van der Waals surface area contributed by atoms with Crippen molar-refractivity contribution in [2.75, 3.05) is 36.9 Å². The predicted octanol–water partition coefficient (Wildman–Crippen LogP) is 6.33. The van der Waals surface area contributed by atoms with Gasteiger partial charge < -0.3 is 9.88 Å². The molecule has 0 spiro atoms. The van der Waals surface area contributed by atoms with Crippen molar-refractivity contribution in [3.05, 3.63) is 76.6 Å². The van der Waals surface area contributed by atoms with Crippen LogP contribution in [0.4, 0.5) is 24.8 Å². The number of hydrogen-bond donors (Lipinski definition) is 1. The summed E-state index contributed by atoms with van der Waals surface area (Å²) in [6.07, 6.45) is 0.287. The molecule has 4 heterocycles. The van der Waals surface area contributed by atoms with Gasteiger partial charge in [-0.2, -0.15) is 18.4 Å². The molecule has 50 heavy (non-hydrogen) atoms. The van der Waals surface area contributed by atoms with E-state index in [4.69, 9.17) is 4.98 Å². The van der Waals surface area contributed by atoms with E-state index in [2.05, 4.69) is 52.3 Å². The van der Waals surface area contributed by atoms with Crippen LogP contribution in [0.25, 0.3) is 22.5 Å². The summed E-state index contributed by atoms with van der Waals surface area (Å²) in [6, 6.07) is 14.3. The van der Waals surface area contributed by atoms with Gasteiger partial charge in [0.05, 0.1) is 23.7 Å². The van der Waals surface area contributed by atoms with Gasteiger partial charge in [-0.05, 0) is 98.0 Å². The van der Waals surface area contributed by atoms with Crippen LogP contribution in [0, 0.1) is 17.2 Å². The number of aryl methyl sites for hydroxylation is 1. The van der Waals surface area contributed by atoms with Crippen molar-refractivity contribution in [1.82, 2.24) is 29.5 Å². The molecule has 2 atom stereocenters. The third-order valence-electron chi connectivity index (χ3n) is 10.3. The van der Waals surface area contributed by atoms with Crippen LogP contribution in [0.15, 0.2) is 48.8 Å².